The standard InChI is InChI=1S/C16H20N6OS2/c1-2-22-15(13-5-3-10-24-13)19-20-16(22)25-11-14(23)18-6-4-8-21-9-7-17-12-21/h3,5,7,9-10,12H,2,4,6,8,11H2,1H3,(H,18,23). The first kappa shape index (κ1) is 17.7. The van der Waals surface area contributed by atoms with E-state index < -0.39 is 0 Å². The van der Waals surface area contributed by atoms with Crippen LogP contribution in [0.15, 0.2) is 41.4 Å². The predicted octanol–water partition coefficient (Wildman–Crippen LogP) is 2.52. The van der Waals surface area contributed by atoms with Gasteiger partial charge < -0.3 is 14.5 Å². The molecule has 0 atom stereocenters. The van der Waals surface area contributed by atoms with Crippen molar-refractivity contribution in [2.24, 2.45) is 0 Å². The van der Waals surface area contributed by atoms with Crippen LogP contribution in [0.25, 0.3) is 10.7 Å². The number of hydrogen-bond acceptors (Lipinski definition) is 6. The van der Waals surface area contributed by atoms with E-state index in [0.29, 0.717) is 12.3 Å². The summed E-state index contributed by atoms with van der Waals surface area (Å²) in [5, 5.41) is 14.2. The zero-order chi connectivity index (χ0) is 17.5. The average Bonchev–Trinajstić information content (AvgIpc) is 3.37. The maximum atomic E-state index is 12.0. The zero-order valence-corrected chi connectivity index (χ0v) is 15.6. The second kappa shape index (κ2) is 8.82. The van der Waals surface area contributed by atoms with Gasteiger partial charge in [0, 0.05) is 32.0 Å². The van der Waals surface area contributed by atoms with Gasteiger partial charge >= 0.3 is 0 Å². The van der Waals surface area contributed by atoms with Crippen molar-refractivity contribution in [1.29, 1.82) is 0 Å². The summed E-state index contributed by atoms with van der Waals surface area (Å²) in [5.41, 5.74) is 0. The first-order valence-electron chi connectivity index (χ1n) is 8.10. The highest BCUT2D eigenvalue weighted by Gasteiger charge is 2.14. The van der Waals surface area contributed by atoms with Crippen LogP contribution in [-0.4, -0.2) is 42.5 Å². The van der Waals surface area contributed by atoms with Crippen LogP contribution in [0.2, 0.25) is 0 Å². The molecule has 132 valence electrons. The van der Waals surface area contributed by atoms with E-state index in [1.54, 1.807) is 23.9 Å². The van der Waals surface area contributed by atoms with Crippen LogP contribution in [0.3, 0.4) is 0 Å². The van der Waals surface area contributed by atoms with Gasteiger partial charge in [-0.3, -0.25) is 4.79 Å². The van der Waals surface area contributed by atoms with E-state index in [4.69, 9.17) is 0 Å². The van der Waals surface area contributed by atoms with Crippen LogP contribution in [0.1, 0.15) is 13.3 Å². The molecule has 0 aromatic carbocycles. The average molecular weight is 377 g/mol. The Balaban J connectivity index is 1.45. The molecule has 25 heavy (non-hydrogen) atoms. The van der Waals surface area contributed by atoms with Gasteiger partial charge in [-0.15, -0.1) is 21.5 Å². The molecule has 0 unspecified atom stereocenters. The number of carbonyl (C=O) groups excluding carboxylic acids is 1. The molecule has 1 N–H and O–H groups in total. The van der Waals surface area contributed by atoms with Crippen molar-refractivity contribution in [1.82, 2.24) is 29.6 Å². The van der Waals surface area contributed by atoms with E-state index in [1.807, 2.05) is 32.8 Å². The van der Waals surface area contributed by atoms with Gasteiger partial charge in [0.15, 0.2) is 11.0 Å². The van der Waals surface area contributed by atoms with E-state index >= 15 is 0 Å². The fourth-order valence-corrected chi connectivity index (χ4v) is 3.91. The number of thiophene rings is 1. The lowest BCUT2D eigenvalue weighted by atomic mass is 10.4. The molecule has 0 saturated heterocycles. The van der Waals surface area contributed by atoms with Crippen LogP contribution in [0.5, 0.6) is 0 Å². The summed E-state index contributed by atoms with van der Waals surface area (Å²) in [6.45, 7) is 4.33. The van der Waals surface area contributed by atoms with Gasteiger partial charge in [0.2, 0.25) is 5.91 Å². The summed E-state index contributed by atoms with van der Waals surface area (Å²) in [6.07, 6.45) is 6.32. The quantitative estimate of drug-likeness (QED) is 0.459. The fourth-order valence-electron chi connectivity index (χ4n) is 2.36. The predicted molar refractivity (Wildman–Crippen MR) is 99.6 cm³/mol. The molecule has 7 nitrogen and oxygen atoms in total. The van der Waals surface area contributed by atoms with Gasteiger partial charge in [-0.05, 0) is 24.8 Å². The minimum atomic E-state index is 0.0129. The summed E-state index contributed by atoms with van der Waals surface area (Å²) < 4.78 is 4.04. The van der Waals surface area contributed by atoms with Gasteiger partial charge in [0.1, 0.15) is 0 Å². The van der Waals surface area contributed by atoms with E-state index in [-0.39, 0.29) is 5.91 Å². The number of nitrogens with zero attached hydrogens (tertiary/aromatic N) is 5. The highest BCUT2D eigenvalue weighted by atomic mass is 32.2. The Kier molecular flexibility index (Phi) is 6.24. The Morgan fingerprint density at radius 2 is 2.32 bits per heavy atom. The minimum Gasteiger partial charge on any atom is -0.355 e. The molecule has 0 aliphatic rings. The smallest absolute Gasteiger partial charge is 0.230 e. The summed E-state index contributed by atoms with van der Waals surface area (Å²) in [6, 6.07) is 4.03. The number of nitrogens with one attached hydrogen (secondary N) is 1. The monoisotopic (exact) mass is 376 g/mol. The van der Waals surface area contributed by atoms with Gasteiger partial charge in [-0.25, -0.2) is 4.98 Å². The molecule has 0 aliphatic heterocycles. The van der Waals surface area contributed by atoms with Gasteiger partial charge in [0.25, 0.3) is 0 Å². The molecule has 3 rings (SSSR count). The summed E-state index contributed by atoms with van der Waals surface area (Å²) >= 11 is 3.06. The Labute approximate surface area is 154 Å². The van der Waals surface area contributed by atoms with Crippen molar-refractivity contribution in [3.63, 3.8) is 0 Å². The summed E-state index contributed by atoms with van der Waals surface area (Å²) in [5.74, 6) is 1.22. The van der Waals surface area contributed by atoms with Crippen molar-refractivity contribution in [3.05, 3.63) is 36.2 Å². The number of rotatable bonds is 9. The Bertz CT molecular complexity index is 782. The summed E-state index contributed by atoms with van der Waals surface area (Å²) in [4.78, 5) is 17.1. The zero-order valence-electron chi connectivity index (χ0n) is 14.0. The topological polar surface area (TPSA) is 77.6 Å². The van der Waals surface area contributed by atoms with Crippen LogP contribution in [0.4, 0.5) is 0 Å². The van der Waals surface area contributed by atoms with Gasteiger partial charge in [-0.2, -0.15) is 0 Å². The fraction of sp³-hybridized carbons (Fsp3) is 0.375. The Morgan fingerprint density at radius 3 is 3.04 bits per heavy atom. The highest BCUT2D eigenvalue weighted by molar-refractivity contribution is 7.99. The lowest BCUT2D eigenvalue weighted by Crippen LogP contribution is -2.27. The molecule has 0 saturated carbocycles. The van der Waals surface area contributed by atoms with E-state index in [2.05, 4.69) is 27.4 Å². The molecule has 0 fully saturated rings. The van der Waals surface area contributed by atoms with Gasteiger partial charge in [-0.1, -0.05) is 17.8 Å². The molecule has 9 heteroatoms. The lowest BCUT2D eigenvalue weighted by Gasteiger charge is -2.07. The first-order chi connectivity index (χ1) is 12.3. The molecular weight excluding hydrogens is 356 g/mol. The molecule has 3 aromatic rings. The molecule has 0 radical (unpaired) electrons. The number of imidazole rings is 1. The summed E-state index contributed by atoms with van der Waals surface area (Å²) in [7, 11) is 0. The van der Waals surface area contributed by atoms with Crippen LogP contribution >= 0.6 is 23.1 Å². The molecule has 1 amide bonds. The van der Waals surface area contributed by atoms with E-state index in [1.165, 1.54) is 11.8 Å². The third kappa shape index (κ3) is 4.70. The van der Waals surface area contributed by atoms with Crippen LogP contribution < -0.4 is 5.32 Å². The van der Waals surface area contributed by atoms with Crippen molar-refractivity contribution in [2.75, 3.05) is 12.3 Å². The Morgan fingerprint density at radius 1 is 1.40 bits per heavy atom. The van der Waals surface area contributed by atoms with Crippen molar-refractivity contribution in [3.8, 4) is 10.7 Å². The van der Waals surface area contributed by atoms with Crippen molar-refractivity contribution in [2.45, 2.75) is 31.6 Å². The lowest BCUT2D eigenvalue weighted by molar-refractivity contribution is -0.118. The van der Waals surface area contributed by atoms with Gasteiger partial charge in [0.05, 0.1) is 17.0 Å². The SMILES string of the molecule is CCn1c(SCC(=O)NCCCn2ccnc2)nnc1-c1cccs1. The largest absolute Gasteiger partial charge is 0.355 e. The number of aromatic nitrogens is 5. The number of amides is 1. The number of aryl methyl sites for hydroxylation is 1. The highest BCUT2D eigenvalue weighted by Crippen LogP contribution is 2.26. The molecule has 0 aliphatic carbocycles. The molecule has 0 bridgehead atoms. The Hall–Kier alpha value is -2.13. The minimum absolute atomic E-state index is 0.0129. The van der Waals surface area contributed by atoms with Crippen molar-refractivity contribution >= 4 is 29.0 Å². The second-order valence-corrected chi connectivity index (χ2v) is 7.21. The number of thioether (sulfide) groups is 1. The number of carbonyl (C=O) groups is 1. The third-order valence-corrected chi connectivity index (χ3v) is 5.41. The van der Waals surface area contributed by atoms with E-state index in [9.17, 15) is 4.79 Å². The molecule has 3 heterocycles. The molecule has 3 aromatic heterocycles. The van der Waals surface area contributed by atoms with Crippen LogP contribution in [-0.2, 0) is 17.9 Å². The first-order valence-corrected chi connectivity index (χ1v) is 9.96. The second-order valence-electron chi connectivity index (χ2n) is 5.32. The normalized spacial score (nSPS) is 10.9. The van der Waals surface area contributed by atoms with E-state index in [0.717, 1.165) is 35.4 Å². The third-order valence-electron chi connectivity index (χ3n) is 3.58. The molecular formula is C16H20N6OS2. The maximum absolute atomic E-state index is 12.0. The number of hydrogen-bond donors (Lipinski definition) is 1. The van der Waals surface area contributed by atoms with Crippen LogP contribution in [0, 0.1) is 0 Å². The van der Waals surface area contributed by atoms with Crippen molar-refractivity contribution < 1.29 is 4.79 Å². The molecule has 0 spiro atoms. The maximum Gasteiger partial charge on any atom is 0.230 e.